The summed E-state index contributed by atoms with van der Waals surface area (Å²) in [6.07, 6.45) is 0.320. The number of carbonyl (C=O) groups excluding carboxylic acids is 1. The minimum atomic E-state index is -0.123. The molecule has 0 aliphatic carbocycles. The van der Waals surface area contributed by atoms with Crippen LogP contribution in [0.1, 0.15) is 5.56 Å². The largest absolute Gasteiger partial charge is 0.374 e. The lowest BCUT2D eigenvalue weighted by atomic mass is 10.1. The lowest BCUT2D eigenvalue weighted by molar-refractivity contribution is -0.115. The standard InChI is InChI=1S/C10H10N4OS/c11-9-13-14-10(16-9)12-8(15)6-7-4-2-1-3-5-7/h1-5H,6H2,(H2,11,13)(H,12,14,15). The zero-order valence-electron chi connectivity index (χ0n) is 8.38. The molecule has 3 N–H and O–H groups in total. The highest BCUT2D eigenvalue weighted by molar-refractivity contribution is 7.18. The summed E-state index contributed by atoms with van der Waals surface area (Å²) in [6, 6.07) is 9.49. The van der Waals surface area contributed by atoms with E-state index >= 15 is 0 Å². The molecule has 0 unspecified atom stereocenters. The maximum absolute atomic E-state index is 11.6. The van der Waals surface area contributed by atoms with Gasteiger partial charge in [0, 0.05) is 0 Å². The van der Waals surface area contributed by atoms with Crippen LogP contribution in [0.3, 0.4) is 0 Å². The van der Waals surface area contributed by atoms with Crippen LogP contribution in [0.2, 0.25) is 0 Å². The van der Waals surface area contributed by atoms with Gasteiger partial charge in [0.1, 0.15) is 0 Å². The van der Waals surface area contributed by atoms with Gasteiger partial charge >= 0.3 is 0 Å². The van der Waals surface area contributed by atoms with Crippen LogP contribution in [0.15, 0.2) is 30.3 Å². The predicted molar refractivity (Wildman–Crippen MR) is 63.1 cm³/mol. The van der Waals surface area contributed by atoms with Gasteiger partial charge in [0.05, 0.1) is 6.42 Å². The maximum Gasteiger partial charge on any atom is 0.230 e. The van der Waals surface area contributed by atoms with Gasteiger partial charge in [-0.05, 0) is 5.56 Å². The van der Waals surface area contributed by atoms with Crippen LogP contribution in [0.5, 0.6) is 0 Å². The summed E-state index contributed by atoms with van der Waals surface area (Å²) in [4.78, 5) is 11.6. The Balaban J connectivity index is 1.95. The topological polar surface area (TPSA) is 80.9 Å². The Morgan fingerprint density at radius 3 is 2.69 bits per heavy atom. The second kappa shape index (κ2) is 4.71. The molecule has 82 valence electrons. The molecular formula is C10H10N4OS. The van der Waals surface area contributed by atoms with Crippen LogP contribution in [0.25, 0.3) is 0 Å². The molecule has 16 heavy (non-hydrogen) atoms. The number of benzene rings is 1. The maximum atomic E-state index is 11.6. The molecule has 2 aromatic rings. The van der Waals surface area contributed by atoms with E-state index in [0.29, 0.717) is 16.7 Å². The Kier molecular flexibility index (Phi) is 3.11. The molecule has 1 heterocycles. The van der Waals surface area contributed by atoms with E-state index in [4.69, 9.17) is 5.73 Å². The zero-order valence-corrected chi connectivity index (χ0v) is 9.20. The van der Waals surface area contributed by atoms with Gasteiger partial charge in [0.15, 0.2) is 0 Å². The van der Waals surface area contributed by atoms with Crippen molar-refractivity contribution in [3.05, 3.63) is 35.9 Å². The van der Waals surface area contributed by atoms with Gasteiger partial charge in [-0.2, -0.15) is 0 Å². The van der Waals surface area contributed by atoms with Crippen molar-refractivity contribution < 1.29 is 4.79 Å². The third-order valence-corrected chi connectivity index (χ3v) is 2.56. The number of aromatic nitrogens is 2. The second-order valence-electron chi connectivity index (χ2n) is 3.16. The number of nitrogens with zero attached hydrogens (tertiary/aromatic N) is 2. The summed E-state index contributed by atoms with van der Waals surface area (Å²) < 4.78 is 0. The fourth-order valence-electron chi connectivity index (χ4n) is 1.23. The summed E-state index contributed by atoms with van der Waals surface area (Å²) in [7, 11) is 0. The number of nitrogens with one attached hydrogen (secondary N) is 1. The van der Waals surface area contributed by atoms with E-state index in [9.17, 15) is 4.79 Å². The summed E-state index contributed by atoms with van der Waals surface area (Å²) in [5.41, 5.74) is 6.36. The second-order valence-corrected chi connectivity index (χ2v) is 4.17. The summed E-state index contributed by atoms with van der Waals surface area (Å²) >= 11 is 1.15. The summed E-state index contributed by atoms with van der Waals surface area (Å²) in [5.74, 6) is -0.123. The highest BCUT2D eigenvalue weighted by Gasteiger charge is 2.06. The van der Waals surface area contributed by atoms with Crippen molar-refractivity contribution in [2.75, 3.05) is 11.1 Å². The monoisotopic (exact) mass is 234 g/mol. The molecule has 0 bridgehead atoms. The molecular weight excluding hydrogens is 224 g/mol. The van der Waals surface area contributed by atoms with Crippen molar-refractivity contribution >= 4 is 27.5 Å². The first-order chi connectivity index (χ1) is 7.74. The van der Waals surface area contributed by atoms with E-state index < -0.39 is 0 Å². The van der Waals surface area contributed by atoms with Crippen molar-refractivity contribution in [3.63, 3.8) is 0 Å². The first-order valence-electron chi connectivity index (χ1n) is 4.67. The molecule has 1 aromatic heterocycles. The normalized spacial score (nSPS) is 10.0. The number of anilines is 2. The first-order valence-corrected chi connectivity index (χ1v) is 5.48. The minimum Gasteiger partial charge on any atom is -0.374 e. The van der Waals surface area contributed by atoms with Gasteiger partial charge in [-0.3, -0.25) is 4.79 Å². The van der Waals surface area contributed by atoms with Crippen LogP contribution in [0, 0.1) is 0 Å². The number of nitrogens with two attached hydrogens (primary N) is 1. The van der Waals surface area contributed by atoms with Gasteiger partial charge < -0.3 is 11.1 Å². The van der Waals surface area contributed by atoms with E-state index in [1.807, 2.05) is 30.3 Å². The lowest BCUT2D eigenvalue weighted by Crippen LogP contribution is -2.14. The Bertz CT molecular complexity index is 483. The SMILES string of the molecule is Nc1nnc(NC(=O)Cc2ccccc2)s1. The number of carbonyl (C=O) groups is 1. The molecule has 6 heteroatoms. The van der Waals surface area contributed by atoms with Gasteiger partial charge in [-0.15, -0.1) is 10.2 Å². The molecule has 1 aromatic carbocycles. The van der Waals surface area contributed by atoms with E-state index in [-0.39, 0.29) is 5.91 Å². The Morgan fingerprint density at radius 2 is 2.06 bits per heavy atom. The Morgan fingerprint density at radius 1 is 1.31 bits per heavy atom. The molecule has 2 rings (SSSR count). The highest BCUT2D eigenvalue weighted by Crippen LogP contribution is 2.16. The smallest absolute Gasteiger partial charge is 0.230 e. The Hall–Kier alpha value is -1.95. The average Bonchev–Trinajstić information content (AvgIpc) is 2.65. The van der Waals surface area contributed by atoms with Crippen molar-refractivity contribution in [2.45, 2.75) is 6.42 Å². The van der Waals surface area contributed by atoms with Crippen LogP contribution in [0.4, 0.5) is 10.3 Å². The van der Waals surface area contributed by atoms with E-state index in [0.717, 1.165) is 16.9 Å². The molecule has 1 amide bonds. The molecule has 0 atom stereocenters. The van der Waals surface area contributed by atoms with Crippen LogP contribution in [-0.2, 0) is 11.2 Å². The van der Waals surface area contributed by atoms with Crippen LogP contribution >= 0.6 is 11.3 Å². The van der Waals surface area contributed by atoms with Gasteiger partial charge in [-0.1, -0.05) is 41.7 Å². The summed E-state index contributed by atoms with van der Waals surface area (Å²) in [5, 5.41) is 10.7. The molecule has 0 radical (unpaired) electrons. The molecule has 0 saturated carbocycles. The molecule has 0 aliphatic rings. The number of hydrogen-bond donors (Lipinski definition) is 2. The quantitative estimate of drug-likeness (QED) is 0.838. The highest BCUT2D eigenvalue weighted by atomic mass is 32.1. The third-order valence-electron chi connectivity index (χ3n) is 1.89. The molecule has 5 nitrogen and oxygen atoms in total. The van der Waals surface area contributed by atoms with Crippen LogP contribution < -0.4 is 11.1 Å². The lowest BCUT2D eigenvalue weighted by Gasteiger charge is -2.00. The van der Waals surface area contributed by atoms with Crippen molar-refractivity contribution in [1.29, 1.82) is 0 Å². The first kappa shape index (κ1) is 10.6. The number of hydrogen-bond acceptors (Lipinski definition) is 5. The average molecular weight is 234 g/mol. The van der Waals surface area contributed by atoms with Crippen molar-refractivity contribution in [3.8, 4) is 0 Å². The molecule has 0 aliphatic heterocycles. The molecule has 0 spiro atoms. The van der Waals surface area contributed by atoms with Crippen LogP contribution in [-0.4, -0.2) is 16.1 Å². The van der Waals surface area contributed by atoms with E-state index in [2.05, 4.69) is 15.5 Å². The van der Waals surface area contributed by atoms with Gasteiger partial charge in [0.2, 0.25) is 16.2 Å². The minimum absolute atomic E-state index is 0.123. The molecule has 0 saturated heterocycles. The number of amides is 1. The number of rotatable bonds is 3. The summed E-state index contributed by atoms with van der Waals surface area (Å²) in [6.45, 7) is 0. The fraction of sp³-hybridized carbons (Fsp3) is 0.100. The predicted octanol–water partition coefficient (Wildman–Crippen LogP) is 1.30. The van der Waals surface area contributed by atoms with Crippen molar-refractivity contribution in [1.82, 2.24) is 10.2 Å². The third kappa shape index (κ3) is 2.77. The zero-order chi connectivity index (χ0) is 11.4. The van der Waals surface area contributed by atoms with Gasteiger partial charge in [0.25, 0.3) is 0 Å². The van der Waals surface area contributed by atoms with Crippen molar-refractivity contribution in [2.24, 2.45) is 0 Å². The van der Waals surface area contributed by atoms with Gasteiger partial charge in [-0.25, -0.2) is 0 Å². The molecule has 0 fully saturated rings. The van der Waals surface area contributed by atoms with E-state index in [1.165, 1.54) is 0 Å². The number of nitrogen functional groups attached to an aromatic ring is 1. The fourth-order valence-corrected chi connectivity index (χ4v) is 1.76. The Labute approximate surface area is 96.3 Å². The van der Waals surface area contributed by atoms with E-state index in [1.54, 1.807) is 0 Å².